The van der Waals surface area contributed by atoms with Crippen LogP contribution in [0.4, 0.5) is 0 Å². The van der Waals surface area contributed by atoms with Crippen LogP contribution in [0, 0.1) is 0 Å². The molecule has 0 heterocycles. The van der Waals surface area contributed by atoms with E-state index in [1.807, 2.05) is 0 Å². The number of nitrogens with one attached hydrogen (secondary N) is 1. The second kappa shape index (κ2) is 4.69. The number of carbonyl (C=O) groups is 1. The smallest absolute Gasteiger partial charge is 0.220 e. The minimum absolute atomic E-state index is 0.0624. The number of amides is 1. The number of hydrogen-bond acceptors (Lipinski definition) is 3. The molecule has 0 aromatic heterocycles. The van der Waals surface area contributed by atoms with Crippen LogP contribution in [0.15, 0.2) is 23.3 Å². The van der Waals surface area contributed by atoms with Gasteiger partial charge in [-0.3, -0.25) is 4.79 Å². The zero-order valence-electron chi connectivity index (χ0n) is 8.72. The zero-order valence-corrected chi connectivity index (χ0v) is 8.72. The quantitative estimate of drug-likeness (QED) is 0.742. The Balaban J connectivity index is 2.79. The minimum atomic E-state index is -0.0624. The first-order valence-corrected chi connectivity index (χ1v) is 4.46. The highest BCUT2D eigenvalue weighted by molar-refractivity contribution is 5.75. The van der Waals surface area contributed by atoms with Gasteiger partial charge < -0.3 is 14.8 Å². The molecule has 0 fully saturated rings. The molecule has 0 aromatic rings. The predicted octanol–water partition coefficient (Wildman–Crippen LogP) is 1.30. The van der Waals surface area contributed by atoms with Crippen molar-refractivity contribution in [3.8, 4) is 0 Å². The number of ether oxygens (including phenoxy) is 2. The van der Waals surface area contributed by atoms with E-state index in [9.17, 15) is 4.79 Å². The highest BCUT2D eigenvalue weighted by Gasteiger charge is 2.14. The van der Waals surface area contributed by atoms with E-state index < -0.39 is 0 Å². The van der Waals surface area contributed by atoms with Crippen molar-refractivity contribution in [2.24, 2.45) is 0 Å². The Kier molecular flexibility index (Phi) is 3.56. The van der Waals surface area contributed by atoms with E-state index in [1.54, 1.807) is 20.3 Å². The maximum Gasteiger partial charge on any atom is 0.220 e. The third-order valence-corrected chi connectivity index (χ3v) is 2.00. The van der Waals surface area contributed by atoms with E-state index in [0.717, 1.165) is 24.3 Å². The second-order valence-corrected chi connectivity index (χ2v) is 3.05. The number of hydrogen-bond donors (Lipinski definition) is 1. The molecule has 1 rings (SSSR count). The molecule has 0 atom stereocenters. The van der Waals surface area contributed by atoms with E-state index in [-0.39, 0.29) is 5.91 Å². The first-order chi connectivity index (χ1) is 6.67. The highest BCUT2D eigenvalue weighted by Crippen LogP contribution is 2.23. The van der Waals surface area contributed by atoms with E-state index in [2.05, 4.69) is 5.32 Å². The summed E-state index contributed by atoms with van der Waals surface area (Å²) in [6.45, 7) is 1.49. The fourth-order valence-electron chi connectivity index (χ4n) is 1.38. The van der Waals surface area contributed by atoms with Gasteiger partial charge in [-0.25, -0.2) is 0 Å². The Morgan fingerprint density at radius 1 is 1.36 bits per heavy atom. The van der Waals surface area contributed by atoms with Crippen LogP contribution in [0.2, 0.25) is 0 Å². The van der Waals surface area contributed by atoms with Crippen molar-refractivity contribution in [3.05, 3.63) is 23.3 Å². The van der Waals surface area contributed by atoms with Gasteiger partial charge >= 0.3 is 0 Å². The summed E-state index contributed by atoms with van der Waals surface area (Å²) in [5.41, 5.74) is 0.871. The summed E-state index contributed by atoms with van der Waals surface area (Å²) in [4.78, 5) is 10.8. The molecule has 0 saturated carbocycles. The molecule has 0 saturated heterocycles. The molecule has 1 aliphatic carbocycles. The molecule has 0 bridgehead atoms. The first kappa shape index (κ1) is 10.6. The summed E-state index contributed by atoms with van der Waals surface area (Å²) >= 11 is 0. The fourth-order valence-corrected chi connectivity index (χ4v) is 1.38. The van der Waals surface area contributed by atoms with Crippen LogP contribution < -0.4 is 5.32 Å². The molecular weight excluding hydrogens is 182 g/mol. The number of methoxy groups -OCH3 is 2. The van der Waals surface area contributed by atoms with Crippen molar-refractivity contribution in [2.75, 3.05) is 14.2 Å². The third-order valence-electron chi connectivity index (χ3n) is 2.00. The molecule has 78 valence electrons. The molecular formula is C10H15NO3. The Morgan fingerprint density at radius 2 is 2.07 bits per heavy atom. The van der Waals surface area contributed by atoms with Gasteiger partial charge in [-0.2, -0.15) is 0 Å². The topological polar surface area (TPSA) is 47.6 Å². The van der Waals surface area contributed by atoms with Gasteiger partial charge in [-0.1, -0.05) is 0 Å². The third kappa shape index (κ3) is 2.52. The van der Waals surface area contributed by atoms with Gasteiger partial charge in [-0.05, 0) is 6.42 Å². The fraction of sp³-hybridized carbons (Fsp3) is 0.500. The number of carbonyl (C=O) groups excluding carboxylic acids is 1. The van der Waals surface area contributed by atoms with Crippen molar-refractivity contribution in [1.29, 1.82) is 0 Å². The molecule has 1 N–H and O–H groups in total. The van der Waals surface area contributed by atoms with Crippen LogP contribution in [0.5, 0.6) is 0 Å². The van der Waals surface area contributed by atoms with Crippen molar-refractivity contribution in [1.82, 2.24) is 5.32 Å². The molecule has 0 unspecified atom stereocenters. The Labute approximate surface area is 83.6 Å². The van der Waals surface area contributed by atoms with Crippen molar-refractivity contribution in [3.63, 3.8) is 0 Å². The maximum atomic E-state index is 10.8. The predicted molar refractivity (Wildman–Crippen MR) is 52.2 cm³/mol. The number of allylic oxidation sites excluding steroid dienone is 3. The first-order valence-electron chi connectivity index (χ1n) is 4.46. The summed E-state index contributed by atoms with van der Waals surface area (Å²) in [5, 5.41) is 2.74. The molecule has 4 nitrogen and oxygen atoms in total. The van der Waals surface area contributed by atoms with Gasteiger partial charge in [0.05, 0.1) is 14.2 Å². The van der Waals surface area contributed by atoms with Crippen LogP contribution in [-0.2, 0) is 14.3 Å². The SMILES string of the molecule is COC1=C(OC)CCC(NC(C)=O)=C1. The van der Waals surface area contributed by atoms with Crippen LogP contribution in [0.25, 0.3) is 0 Å². The van der Waals surface area contributed by atoms with Gasteiger partial charge in [-0.15, -0.1) is 0 Å². The van der Waals surface area contributed by atoms with Gasteiger partial charge in [0, 0.05) is 25.1 Å². The lowest BCUT2D eigenvalue weighted by Crippen LogP contribution is -2.21. The monoisotopic (exact) mass is 197 g/mol. The Hall–Kier alpha value is -1.45. The van der Waals surface area contributed by atoms with E-state index in [0.29, 0.717) is 5.76 Å². The molecule has 0 aromatic carbocycles. The largest absolute Gasteiger partial charge is 0.497 e. The second-order valence-electron chi connectivity index (χ2n) is 3.05. The van der Waals surface area contributed by atoms with Gasteiger partial charge in [0.25, 0.3) is 0 Å². The summed E-state index contributed by atoms with van der Waals surface area (Å²) < 4.78 is 10.3. The zero-order chi connectivity index (χ0) is 10.6. The van der Waals surface area contributed by atoms with E-state index in [1.165, 1.54) is 6.92 Å². The lowest BCUT2D eigenvalue weighted by molar-refractivity contribution is -0.118. The molecule has 4 heteroatoms. The van der Waals surface area contributed by atoms with Crippen molar-refractivity contribution >= 4 is 5.91 Å². The maximum absolute atomic E-state index is 10.8. The average Bonchev–Trinajstić information content (AvgIpc) is 2.16. The molecule has 14 heavy (non-hydrogen) atoms. The summed E-state index contributed by atoms with van der Waals surface area (Å²) in [7, 11) is 3.20. The highest BCUT2D eigenvalue weighted by atomic mass is 16.5. The molecule has 0 aliphatic heterocycles. The van der Waals surface area contributed by atoms with Gasteiger partial charge in [0.2, 0.25) is 5.91 Å². The molecule has 0 radical (unpaired) electrons. The normalized spacial score (nSPS) is 16.1. The van der Waals surface area contributed by atoms with Gasteiger partial charge in [0.1, 0.15) is 5.76 Å². The lowest BCUT2D eigenvalue weighted by atomic mass is 10.1. The van der Waals surface area contributed by atoms with Crippen molar-refractivity contribution in [2.45, 2.75) is 19.8 Å². The van der Waals surface area contributed by atoms with Gasteiger partial charge in [0.15, 0.2) is 5.76 Å². The van der Waals surface area contributed by atoms with Crippen LogP contribution in [-0.4, -0.2) is 20.1 Å². The lowest BCUT2D eigenvalue weighted by Gasteiger charge is -2.18. The van der Waals surface area contributed by atoms with Crippen LogP contribution >= 0.6 is 0 Å². The summed E-state index contributed by atoms with van der Waals surface area (Å²) in [5.74, 6) is 1.44. The Bertz CT molecular complexity index is 292. The number of rotatable bonds is 3. The molecule has 1 aliphatic rings. The van der Waals surface area contributed by atoms with Crippen LogP contribution in [0.3, 0.4) is 0 Å². The minimum Gasteiger partial charge on any atom is -0.497 e. The summed E-state index contributed by atoms with van der Waals surface area (Å²) in [6.07, 6.45) is 3.32. The average molecular weight is 197 g/mol. The van der Waals surface area contributed by atoms with Crippen molar-refractivity contribution < 1.29 is 14.3 Å². The Morgan fingerprint density at radius 3 is 2.57 bits per heavy atom. The summed E-state index contributed by atoms with van der Waals surface area (Å²) in [6, 6.07) is 0. The standard InChI is InChI=1S/C10H15NO3/c1-7(12)11-8-4-5-9(13-2)10(6-8)14-3/h6H,4-5H2,1-3H3,(H,11,12). The molecule has 0 spiro atoms. The molecule has 1 amide bonds. The van der Waals surface area contributed by atoms with E-state index >= 15 is 0 Å². The van der Waals surface area contributed by atoms with Crippen LogP contribution in [0.1, 0.15) is 19.8 Å². The van der Waals surface area contributed by atoms with E-state index in [4.69, 9.17) is 9.47 Å².